The maximum atomic E-state index is 12.6. The van der Waals surface area contributed by atoms with Crippen LogP contribution in [-0.2, 0) is 16.6 Å². The number of aryl methyl sites for hydroxylation is 1. The lowest BCUT2D eigenvalue weighted by atomic mass is 10.1. The maximum absolute atomic E-state index is 12.6. The molecule has 0 aliphatic rings. The highest BCUT2D eigenvalue weighted by Crippen LogP contribution is 2.21. The predicted octanol–water partition coefficient (Wildman–Crippen LogP) is 2.69. The first-order chi connectivity index (χ1) is 9.96. The summed E-state index contributed by atoms with van der Waals surface area (Å²) < 4.78 is 26.5. The van der Waals surface area contributed by atoms with E-state index in [9.17, 15) is 8.42 Å². The van der Waals surface area contributed by atoms with Crippen molar-refractivity contribution in [1.82, 2.24) is 4.31 Å². The van der Waals surface area contributed by atoms with Gasteiger partial charge in [0.25, 0.3) is 0 Å². The SMILES string of the molecule is Cc1ccccc1CN(C)S(=O)(=O)c1ccccc1C#N. The van der Waals surface area contributed by atoms with Crippen LogP contribution in [0.5, 0.6) is 0 Å². The number of benzene rings is 2. The molecule has 0 aliphatic carbocycles. The van der Waals surface area contributed by atoms with Gasteiger partial charge in [-0.3, -0.25) is 0 Å². The molecule has 0 N–H and O–H groups in total. The zero-order valence-electron chi connectivity index (χ0n) is 11.9. The fraction of sp³-hybridized carbons (Fsp3) is 0.188. The van der Waals surface area contributed by atoms with E-state index in [0.717, 1.165) is 11.1 Å². The Labute approximate surface area is 125 Å². The molecule has 5 heteroatoms. The van der Waals surface area contributed by atoms with Crippen LogP contribution < -0.4 is 0 Å². The van der Waals surface area contributed by atoms with Crippen molar-refractivity contribution in [1.29, 1.82) is 5.26 Å². The van der Waals surface area contributed by atoms with Crippen molar-refractivity contribution in [2.24, 2.45) is 0 Å². The Morgan fingerprint density at radius 3 is 2.38 bits per heavy atom. The van der Waals surface area contributed by atoms with Crippen LogP contribution in [0.15, 0.2) is 53.4 Å². The summed E-state index contributed by atoms with van der Waals surface area (Å²) in [6.07, 6.45) is 0. The number of nitrogens with zero attached hydrogens (tertiary/aromatic N) is 2. The molecule has 0 saturated carbocycles. The topological polar surface area (TPSA) is 61.2 Å². The summed E-state index contributed by atoms with van der Waals surface area (Å²) in [5.74, 6) is 0. The number of nitriles is 1. The Hall–Kier alpha value is -2.16. The molecule has 108 valence electrons. The number of sulfonamides is 1. The molecule has 0 radical (unpaired) electrons. The number of hydrogen-bond donors (Lipinski definition) is 0. The molecule has 0 unspecified atom stereocenters. The van der Waals surface area contributed by atoms with Crippen LogP contribution in [0.1, 0.15) is 16.7 Å². The van der Waals surface area contributed by atoms with Crippen molar-refractivity contribution < 1.29 is 8.42 Å². The molecule has 2 aromatic rings. The van der Waals surface area contributed by atoms with Gasteiger partial charge < -0.3 is 0 Å². The summed E-state index contributed by atoms with van der Waals surface area (Å²) in [5, 5.41) is 9.06. The van der Waals surface area contributed by atoms with E-state index in [4.69, 9.17) is 5.26 Å². The van der Waals surface area contributed by atoms with Gasteiger partial charge in [-0.25, -0.2) is 8.42 Å². The second-order valence-corrected chi connectivity index (χ2v) is 6.81. The van der Waals surface area contributed by atoms with Gasteiger partial charge >= 0.3 is 0 Å². The molecule has 4 nitrogen and oxygen atoms in total. The molecule has 2 aromatic carbocycles. The van der Waals surface area contributed by atoms with Crippen LogP contribution in [-0.4, -0.2) is 19.8 Å². The van der Waals surface area contributed by atoms with Crippen molar-refractivity contribution >= 4 is 10.0 Å². The second-order valence-electron chi connectivity index (χ2n) is 4.80. The molecule has 21 heavy (non-hydrogen) atoms. The molecule has 0 bridgehead atoms. The number of rotatable bonds is 4. The Balaban J connectivity index is 2.36. The highest BCUT2D eigenvalue weighted by atomic mass is 32.2. The van der Waals surface area contributed by atoms with Gasteiger partial charge in [0.2, 0.25) is 10.0 Å². The molecule has 0 fully saturated rings. The third-order valence-corrected chi connectivity index (χ3v) is 5.21. The van der Waals surface area contributed by atoms with E-state index < -0.39 is 10.0 Å². The van der Waals surface area contributed by atoms with Gasteiger partial charge in [-0.2, -0.15) is 9.57 Å². The lowest BCUT2D eigenvalue weighted by Crippen LogP contribution is -2.27. The Kier molecular flexibility index (Phi) is 4.41. The summed E-state index contributed by atoms with van der Waals surface area (Å²) in [5.41, 5.74) is 2.14. The third kappa shape index (κ3) is 3.13. The zero-order valence-corrected chi connectivity index (χ0v) is 12.8. The minimum atomic E-state index is -3.69. The van der Waals surface area contributed by atoms with Gasteiger partial charge in [0, 0.05) is 13.6 Å². The molecule has 0 aromatic heterocycles. The van der Waals surface area contributed by atoms with Gasteiger partial charge in [0.15, 0.2) is 0 Å². The lowest BCUT2D eigenvalue weighted by Gasteiger charge is -2.19. The highest BCUT2D eigenvalue weighted by Gasteiger charge is 2.24. The van der Waals surface area contributed by atoms with Crippen molar-refractivity contribution in [2.45, 2.75) is 18.4 Å². The van der Waals surface area contributed by atoms with Crippen LogP contribution in [0.2, 0.25) is 0 Å². The first kappa shape index (κ1) is 15.2. The fourth-order valence-corrected chi connectivity index (χ4v) is 3.35. The van der Waals surface area contributed by atoms with E-state index in [0.29, 0.717) is 0 Å². The Morgan fingerprint density at radius 2 is 1.71 bits per heavy atom. The third-order valence-electron chi connectivity index (χ3n) is 3.35. The van der Waals surface area contributed by atoms with Gasteiger partial charge in [-0.05, 0) is 30.2 Å². The minimum absolute atomic E-state index is 0.0450. The summed E-state index contributed by atoms with van der Waals surface area (Å²) in [7, 11) is -2.16. The molecule has 0 saturated heterocycles. The summed E-state index contributed by atoms with van der Waals surface area (Å²) in [6, 6.07) is 15.8. The molecular weight excluding hydrogens is 284 g/mol. The van der Waals surface area contributed by atoms with Crippen molar-refractivity contribution in [3.63, 3.8) is 0 Å². The van der Waals surface area contributed by atoms with Crippen molar-refractivity contribution in [3.8, 4) is 6.07 Å². The van der Waals surface area contributed by atoms with Crippen LogP contribution in [0.3, 0.4) is 0 Å². The first-order valence-corrected chi connectivity index (χ1v) is 7.91. The highest BCUT2D eigenvalue weighted by molar-refractivity contribution is 7.89. The molecular formula is C16H16N2O2S. The number of hydrogen-bond acceptors (Lipinski definition) is 3. The standard InChI is InChI=1S/C16H16N2O2S/c1-13-7-3-4-9-15(13)12-18(2)21(19,20)16-10-6-5-8-14(16)11-17/h3-10H,12H2,1-2H3. The fourth-order valence-electron chi connectivity index (χ4n) is 2.06. The van der Waals surface area contributed by atoms with E-state index in [2.05, 4.69) is 0 Å². The van der Waals surface area contributed by atoms with Crippen molar-refractivity contribution in [2.75, 3.05) is 7.05 Å². The van der Waals surface area contributed by atoms with Crippen LogP contribution >= 0.6 is 0 Å². The quantitative estimate of drug-likeness (QED) is 0.872. The smallest absolute Gasteiger partial charge is 0.207 e. The summed E-state index contributed by atoms with van der Waals surface area (Å²) in [4.78, 5) is 0.0450. The Bertz CT molecular complexity index is 792. The molecule has 0 atom stereocenters. The summed E-state index contributed by atoms with van der Waals surface area (Å²) in [6.45, 7) is 2.22. The van der Waals surface area contributed by atoms with Gasteiger partial charge in [-0.1, -0.05) is 36.4 Å². The van der Waals surface area contributed by atoms with E-state index in [1.807, 2.05) is 37.3 Å². The monoisotopic (exact) mass is 300 g/mol. The normalized spacial score (nSPS) is 11.3. The molecule has 2 rings (SSSR count). The van der Waals surface area contributed by atoms with E-state index in [-0.39, 0.29) is 17.0 Å². The Morgan fingerprint density at radius 1 is 1.10 bits per heavy atom. The summed E-state index contributed by atoms with van der Waals surface area (Å²) >= 11 is 0. The predicted molar refractivity (Wildman–Crippen MR) is 81.0 cm³/mol. The van der Waals surface area contributed by atoms with E-state index >= 15 is 0 Å². The lowest BCUT2D eigenvalue weighted by molar-refractivity contribution is 0.466. The first-order valence-electron chi connectivity index (χ1n) is 6.47. The average molecular weight is 300 g/mol. The maximum Gasteiger partial charge on any atom is 0.244 e. The second kappa shape index (κ2) is 6.08. The van der Waals surface area contributed by atoms with Crippen LogP contribution in [0, 0.1) is 18.3 Å². The molecule has 0 aliphatic heterocycles. The zero-order chi connectivity index (χ0) is 15.5. The van der Waals surface area contributed by atoms with E-state index in [1.54, 1.807) is 12.1 Å². The molecule has 0 heterocycles. The van der Waals surface area contributed by atoms with Gasteiger partial charge in [0.05, 0.1) is 10.5 Å². The van der Waals surface area contributed by atoms with Crippen molar-refractivity contribution in [3.05, 3.63) is 65.2 Å². The minimum Gasteiger partial charge on any atom is -0.207 e. The average Bonchev–Trinajstić information content (AvgIpc) is 2.49. The van der Waals surface area contributed by atoms with Crippen LogP contribution in [0.4, 0.5) is 0 Å². The van der Waals surface area contributed by atoms with E-state index in [1.165, 1.54) is 23.5 Å². The van der Waals surface area contributed by atoms with Crippen LogP contribution in [0.25, 0.3) is 0 Å². The van der Waals surface area contributed by atoms with Gasteiger partial charge in [-0.15, -0.1) is 0 Å². The molecule has 0 amide bonds. The van der Waals surface area contributed by atoms with Gasteiger partial charge in [0.1, 0.15) is 6.07 Å². The molecule has 0 spiro atoms. The largest absolute Gasteiger partial charge is 0.244 e.